The Bertz CT molecular complexity index is 116. The van der Waals surface area contributed by atoms with Crippen molar-refractivity contribution in [2.24, 2.45) is 5.73 Å². The molecule has 52 valence electrons. The smallest absolute Gasteiger partial charge is 0.0326 e. The fourth-order valence-electron chi connectivity index (χ4n) is 0.534. The average molecular weight is 143 g/mol. The van der Waals surface area contributed by atoms with Crippen molar-refractivity contribution >= 4 is 11.8 Å². The molecule has 2 N–H and O–H groups in total. The fourth-order valence-corrected chi connectivity index (χ4v) is 1.08. The van der Waals surface area contributed by atoms with Gasteiger partial charge in [0, 0.05) is 10.9 Å². The molecule has 0 aromatic rings. The van der Waals surface area contributed by atoms with Gasteiger partial charge in [0.15, 0.2) is 0 Å². The van der Waals surface area contributed by atoms with Gasteiger partial charge < -0.3 is 5.73 Å². The zero-order valence-electron chi connectivity index (χ0n) is 5.92. The molecule has 0 fully saturated rings. The summed E-state index contributed by atoms with van der Waals surface area (Å²) in [6.45, 7) is 7.54. The summed E-state index contributed by atoms with van der Waals surface area (Å²) in [7, 11) is 0. The van der Waals surface area contributed by atoms with E-state index in [1.165, 1.54) is 4.91 Å². The molecule has 0 aliphatic rings. The van der Waals surface area contributed by atoms with Crippen molar-refractivity contribution in [1.82, 2.24) is 0 Å². The Labute approximate surface area is 61.0 Å². The molecule has 0 heterocycles. The number of nitrogens with two attached hydrogens (primary N) is 1. The highest BCUT2D eigenvalue weighted by molar-refractivity contribution is 8.05. The van der Waals surface area contributed by atoms with Crippen LogP contribution in [0.1, 0.15) is 13.8 Å². The van der Waals surface area contributed by atoms with Crippen LogP contribution in [0.2, 0.25) is 0 Å². The SMILES string of the molecule is C=CS/C(=C\C)C(C)N. The van der Waals surface area contributed by atoms with Gasteiger partial charge in [-0.15, -0.1) is 11.8 Å². The second kappa shape index (κ2) is 4.65. The lowest BCUT2D eigenvalue weighted by atomic mass is 10.3. The Morgan fingerprint density at radius 1 is 1.78 bits per heavy atom. The Morgan fingerprint density at radius 2 is 2.33 bits per heavy atom. The molecular weight excluding hydrogens is 130 g/mol. The predicted molar refractivity (Wildman–Crippen MR) is 45.2 cm³/mol. The molecule has 0 aromatic carbocycles. The van der Waals surface area contributed by atoms with E-state index in [0.29, 0.717) is 0 Å². The lowest BCUT2D eigenvalue weighted by Gasteiger charge is -2.05. The molecule has 0 bridgehead atoms. The third-order valence-corrected chi connectivity index (χ3v) is 2.00. The summed E-state index contributed by atoms with van der Waals surface area (Å²) < 4.78 is 0. The Hall–Kier alpha value is -0.210. The van der Waals surface area contributed by atoms with Gasteiger partial charge >= 0.3 is 0 Å². The average Bonchev–Trinajstić information content (AvgIpc) is 1.82. The first kappa shape index (κ1) is 8.79. The highest BCUT2D eigenvalue weighted by Gasteiger charge is 1.98. The van der Waals surface area contributed by atoms with Gasteiger partial charge in [-0.2, -0.15) is 0 Å². The minimum absolute atomic E-state index is 0.137. The van der Waals surface area contributed by atoms with Crippen molar-refractivity contribution in [3.05, 3.63) is 23.0 Å². The van der Waals surface area contributed by atoms with E-state index >= 15 is 0 Å². The van der Waals surface area contributed by atoms with E-state index in [2.05, 4.69) is 6.58 Å². The van der Waals surface area contributed by atoms with Gasteiger partial charge in [-0.3, -0.25) is 0 Å². The normalized spacial score (nSPS) is 15.2. The quantitative estimate of drug-likeness (QED) is 0.655. The molecular formula is C7H13NS. The van der Waals surface area contributed by atoms with E-state index < -0.39 is 0 Å². The Kier molecular flexibility index (Phi) is 4.54. The van der Waals surface area contributed by atoms with Crippen molar-refractivity contribution in [2.75, 3.05) is 0 Å². The van der Waals surface area contributed by atoms with Crippen molar-refractivity contribution in [1.29, 1.82) is 0 Å². The molecule has 2 heteroatoms. The first-order valence-corrected chi connectivity index (χ1v) is 3.79. The third kappa shape index (κ3) is 3.38. The number of rotatable bonds is 3. The van der Waals surface area contributed by atoms with E-state index in [4.69, 9.17) is 5.73 Å². The summed E-state index contributed by atoms with van der Waals surface area (Å²) in [6, 6.07) is 0.137. The molecule has 0 rings (SSSR count). The zero-order valence-corrected chi connectivity index (χ0v) is 6.74. The van der Waals surface area contributed by atoms with Crippen LogP contribution in [0.3, 0.4) is 0 Å². The molecule has 0 aliphatic carbocycles. The second-order valence-electron chi connectivity index (χ2n) is 1.76. The van der Waals surface area contributed by atoms with E-state index in [1.807, 2.05) is 19.9 Å². The lowest BCUT2D eigenvalue weighted by molar-refractivity contribution is 0.910. The highest BCUT2D eigenvalue weighted by atomic mass is 32.2. The molecule has 0 spiro atoms. The molecule has 0 aromatic heterocycles. The van der Waals surface area contributed by atoms with Crippen LogP contribution in [-0.4, -0.2) is 6.04 Å². The zero-order chi connectivity index (χ0) is 7.28. The van der Waals surface area contributed by atoms with E-state index in [9.17, 15) is 0 Å². The van der Waals surface area contributed by atoms with Crippen LogP contribution < -0.4 is 5.73 Å². The van der Waals surface area contributed by atoms with Crippen molar-refractivity contribution in [3.63, 3.8) is 0 Å². The minimum atomic E-state index is 0.137. The highest BCUT2D eigenvalue weighted by Crippen LogP contribution is 2.17. The van der Waals surface area contributed by atoms with Crippen LogP contribution in [0.25, 0.3) is 0 Å². The van der Waals surface area contributed by atoms with Gasteiger partial charge in [-0.25, -0.2) is 0 Å². The van der Waals surface area contributed by atoms with Crippen LogP contribution in [0.4, 0.5) is 0 Å². The summed E-state index contributed by atoms with van der Waals surface area (Å²) in [5.41, 5.74) is 5.60. The maximum atomic E-state index is 5.60. The second-order valence-corrected chi connectivity index (χ2v) is 2.80. The van der Waals surface area contributed by atoms with Gasteiger partial charge in [0.05, 0.1) is 0 Å². The van der Waals surface area contributed by atoms with Crippen LogP contribution in [0, 0.1) is 0 Å². The van der Waals surface area contributed by atoms with Crippen LogP contribution in [0.5, 0.6) is 0 Å². The van der Waals surface area contributed by atoms with Crippen molar-refractivity contribution in [2.45, 2.75) is 19.9 Å². The fraction of sp³-hybridized carbons (Fsp3) is 0.429. The predicted octanol–water partition coefficient (Wildman–Crippen LogP) is 2.11. The van der Waals surface area contributed by atoms with Crippen molar-refractivity contribution in [3.8, 4) is 0 Å². The van der Waals surface area contributed by atoms with E-state index in [0.717, 1.165) is 0 Å². The Balaban J connectivity index is 3.84. The number of hydrogen-bond donors (Lipinski definition) is 1. The number of allylic oxidation sites excluding steroid dienone is 1. The molecule has 0 amide bonds. The molecule has 1 nitrogen and oxygen atoms in total. The van der Waals surface area contributed by atoms with E-state index in [-0.39, 0.29) is 6.04 Å². The number of thioether (sulfide) groups is 1. The summed E-state index contributed by atoms with van der Waals surface area (Å²) in [5.74, 6) is 0. The largest absolute Gasteiger partial charge is 0.324 e. The lowest BCUT2D eigenvalue weighted by Crippen LogP contribution is -2.15. The first-order chi connectivity index (χ1) is 4.22. The third-order valence-electron chi connectivity index (χ3n) is 0.953. The first-order valence-electron chi connectivity index (χ1n) is 2.91. The van der Waals surface area contributed by atoms with Gasteiger partial charge in [0.2, 0.25) is 0 Å². The standard InChI is InChI=1S/C7H13NS/c1-4-7(6(3)8)9-5-2/h4-6H,2,8H2,1,3H3/b7-4-. The van der Waals surface area contributed by atoms with Crippen LogP contribution in [0.15, 0.2) is 23.0 Å². The summed E-state index contributed by atoms with van der Waals surface area (Å²) >= 11 is 1.58. The topological polar surface area (TPSA) is 26.0 Å². The maximum absolute atomic E-state index is 5.60. The molecule has 0 saturated heterocycles. The molecule has 1 unspecified atom stereocenters. The Morgan fingerprint density at radius 3 is 2.44 bits per heavy atom. The van der Waals surface area contributed by atoms with E-state index in [1.54, 1.807) is 17.2 Å². The molecule has 0 aliphatic heterocycles. The molecule has 0 radical (unpaired) electrons. The molecule has 9 heavy (non-hydrogen) atoms. The van der Waals surface area contributed by atoms with Gasteiger partial charge in [-0.05, 0) is 19.3 Å². The summed E-state index contributed by atoms with van der Waals surface area (Å²) in [6.07, 6.45) is 2.01. The summed E-state index contributed by atoms with van der Waals surface area (Å²) in [5, 5.41) is 1.79. The monoisotopic (exact) mass is 143 g/mol. The van der Waals surface area contributed by atoms with Gasteiger partial charge in [0.1, 0.15) is 0 Å². The van der Waals surface area contributed by atoms with Crippen LogP contribution >= 0.6 is 11.8 Å². The molecule has 1 atom stereocenters. The maximum Gasteiger partial charge on any atom is 0.0326 e. The van der Waals surface area contributed by atoms with Crippen LogP contribution in [-0.2, 0) is 0 Å². The number of hydrogen-bond acceptors (Lipinski definition) is 2. The summed E-state index contributed by atoms with van der Waals surface area (Å²) in [4.78, 5) is 1.17. The van der Waals surface area contributed by atoms with Gasteiger partial charge in [0.25, 0.3) is 0 Å². The molecule has 0 saturated carbocycles. The van der Waals surface area contributed by atoms with Gasteiger partial charge in [-0.1, -0.05) is 12.7 Å². The minimum Gasteiger partial charge on any atom is -0.324 e. The van der Waals surface area contributed by atoms with Crippen molar-refractivity contribution < 1.29 is 0 Å².